The maximum absolute atomic E-state index is 13.9. The largest absolute Gasteiger partial charge is 0.487 e. The molecule has 1 saturated heterocycles. The molecule has 0 amide bonds. The second kappa shape index (κ2) is 7.13. The van der Waals surface area contributed by atoms with Crippen LogP contribution in [-0.4, -0.2) is 40.2 Å². The smallest absolute Gasteiger partial charge is 0.356 e. The summed E-state index contributed by atoms with van der Waals surface area (Å²) in [7, 11) is 0. The van der Waals surface area contributed by atoms with E-state index >= 15 is 0 Å². The van der Waals surface area contributed by atoms with Gasteiger partial charge in [0, 0.05) is 25.9 Å². The van der Waals surface area contributed by atoms with E-state index in [2.05, 4.69) is 9.97 Å². The Morgan fingerprint density at radius 2 is 2.08 bits per heavy atom. The van der Waals surface area contributed by atoms with Gasteiger partial charge in [-0.1, -0.05) is 0 Å². The lowest BCUT2D eigenvalue weighted by molar-refractivity contribution is 0.0690. The fourth-order valence-corrected chi connectivity index (χ4v) is 2.64. The minimum absolute atomic E-state index is 0.0988. The Hall–Kier alpha value is -3.21. The van der Waals surface area contributed by atoms with E-state index in [0.717, 1.165) is 6.07 Å². The first-order valence-corrected chi connectivity index (χ1v) is 7.73. The molecule has 25 heavy (non-hydrogen) atoms. The lowest BCUT2D eigenvalue weighted by Crippen LogP contribution is -2.38. The minimum atomic E-state index is -1.12. The fraction of sp³-hybridized carbons (Fsp3) is 0.294. The number of piperidine rings is 1. The summed E-state index contributed by atoms with van der Waals surface area (Å²) in [5, 5.41) is 17.6. The number of anilines is 1. The number of carboxylic acid groups (broad SMARTS) is 1. The average Bonchev–Trinajstić information content (AvgIpc) is 2.64. The number of halogens is 1. The highest BCUT2D eigenvalue weighted by molar-refractivity contribution is 5.84. The zero-order valence-electron chi connectivity index (χ0n) is 13.2. The van der Waals surface area contributed by atoms with Crippen molar-refractivity contribution in [3.05, 3.63) is 47.7 Å². The number of carbonyl (C=O) groups is 1. The first-order chi connectivity index (χ1) is 12.1. The molecule has 7 nitrogen and oxygen atoms in total. The predicted octanol–water partition coefficient (Wildman–Crippen LogP) is 2.23. The first kappa shape index (κ1) is 16.6. The van der Waals surface area contributed by atoms with Crippen LogP contribution in [0.15, 0.2) is 30.6 Å². The standard InChI is InChI=1S/C17H15FN4O3/c18-13-7-11(8-19)1-2-15(13)25-12-3-5-22(6-4-12)16-10-20-14(9-21-16)17(23)24/h1-2,7,9-10,12H,3-6H2,(H,23,24). The van der Waals surface area contributed by atoms with Crippen molar-refractivity contribution in [1.29, 1.82) is 5.26 Å². The van der Waals surface area contributed by atoms with Gasteiger partial charge in [-0.15, -0.1) is 0 Å². The lowest BCUT2D eigenvalue weighted by atomic mass is 10.1. The van der Waals surface area contributed by atoms with Crippen LogP contribution >= 0.6 is 0 Å². The summed E-state index contributed by atoms with van der Waals surface area (Å²) in [6.07, 6.45) is 3.87. The maximum Gasteiger partial charge on any atom is 0.356 e. The monoisotopic (exact) mass is 342 g/mol. The number of nitrogens with zero attached hydrogens (tertiary/aromatic N) is 4. The molecule has 1 N–H and O–H groups in total. The summed E-state index contributed by atoms with van der Waals surface area (Å²) >= 11 is 0. The van der Waals surface area contributed by atoms with Crippen LogP contribution in [0.25, 0.3) is 0 Å². The van der Waals surface area contributed by atoms with Crippen LogP contribution in [0, 0.1) is 17.1 Å². The Balaban J connectivity index is 1.58. The van der Waals surface area contributed by atoms with Gasteiger partial charge >= 0.3 is 5.97 Å². The molecule has 128 valence electrons. The number of rotatable bonds is 4. The van der Waals surface area contributed by atoms with Gasteiger partial charge in [0.1, 0.15) is 11.9 Å². The molecule has 1 fully saturated rings. The molecule has 1 aliphatic rings. The van der Waals surface area contributed by atoms with Crippen molar-refractivity contribution in [1.82, 2.24) is 9.97 Å². The van der Waals surface area contributed by atoms with Crippen LogP contribution in [-0.2, 0) is 0 Å². The van der Waals surface area contributed by atoms with Gasteiger partial charge in [0.25, 0.3) is 0 Å². The quantitative estimate of drug-likeness (QED) is 0.909. The maximum atomic E-state index is 13.9. The molecule has 2 heterocycles. The van der Waals surface area contributed by atoms with E-state index in [9.17, 15) is 9.18 Å². The van der Waals surface area contributed by atoms with Gasteiger partial charge < -0.3 is 14.7 Å². The Kier molecular flexibility index (Phi) is 4.75. The van der Waals surface area contributed by atoms with E-state index in [1.807, 2.05) is 11.0 Å². The van der Waals surface area contributed by atoms with E-state index in [4.69, 9.17) is 15.1 Å². The second-order valence-electron chi connectivity index (χ2n) is 5.63. The van der Waals surface area contributed by atoms with Crippen molar-refractivity contribution in [2.75, 3.05) is 18.0 Å². The van der Waals surface area contributed by atoms with Gasteiger partial charge in [-0.3, -0.25) is 0 Å². The van der Waals surface area contributed by atoms with Gasteiger partial charge in [0.15, 0.2) is 17.3 Å². The molecule has 1 aliphatic heterocycles. The molecule has 0 saturated carbocycles. The minimum Gasteiger partial charge on any atom is -0.487 e. The second-order valence-corrected chi connectivity index (χ2v) is 5.63. The molecule has 3 rings (SSSR count). The zero-order chi connectivity index (χ0) is 17.8. The number of hydrogen-bond acceptors (Lipinski definition) is 6. The van der Waals surface area contributed by atoms with Crippen molar-refractivity contribution >= 4 is 11.8 Å². The molecule has 0 spiro atoms. The third kappa shape index (κ3) is 3.83. The molecular formula is C17H15FN4O3. The van der Waals surface area contributed by atoms with Gasteiger partial charge in [-0.2, -0.15) is 5.26 Å². The van der Waals surface area contributed by atoms with Gasteiger partial charge in [-0.25, -0.2) is 19.2 Å². The summed E-state index contributed by atoms with van der Waals surface area (Å²) in [6.45, 7) is 1.29. The Bertz CT molecular complexity index is 812. The molecule has 1 aromatic carbocycles. The number of aromatic nitrogens is 2. The van der Waals surface area contributed by atoms with Gasteiger partial charge in [0.2, 0.25) is 0 Å². The summed E-state index contributed by atoms with van der Waals surface area (Å²) in [4.78, 5) is 20.7. The molecule has 0 atom stereocenters. The van der Waals surface area contributed by atoms with Crippen molar-refractivity contribution in [2.45, 2.75) is 18.9 Å². The molecule has 0 unspecified atom stereocenters. The van der Waals surface area contributed by atoms with Crippen LogP contribution < -0.4 is 9.64 Å². The van der Waals surface area contributed by atoms with Crippen molar-refractivity contribution in [3.8, 4) is 11.8 Å². The van der Waals surface area contributed by atoms with E-state index in [1.54, 1.807) is 0 Å². The Morgan fingerprint density at radius 3 is 2.64 bits per heavy atom. The van der Waals surface area contributed by atoms with Crippen LogP contribution in [0.3, 0.4) is 0 Å². The molecule has 8 heteroatoms. The van der Waals surface area contributed by atoms with Crippen molar-refractivity contribution < 1.29 is 19.0 Å². The van der Waals surface area contributed by atoms with Crippen LogP contribution in [0.5, 0.6) is 5.75 Å². The van der Waals surface area contributed by atoms with Gasteiger partial charge in [-0.05, 0) is 18.2 Å². The number of hydrogen-bond donors (Lipinski definition) is 1. The zero-order valence-corrected chi connectivity index (χ0v) is 13.2. The Labute approximate surface area is 143 Å². The van der Waals surface area contributed by atoms with Crippen molar-refractivity contribution in [3.63, 3.8) is 0 Å². The number of carboxylic acids is 1. The Morgan fingerprint density at radius 1 is 1.32 bits per heavy atom. The summed E-state index contributed by atoms with van der Waals surface area (Å²) in [5.74, 6) is -0.914. The van der Waals surface area contributed by atoms with Gasteiger partial charge in [0.05, 0.1) is 24.0 Å². The lowest BCUT2D eigenvalue weighted by Gasteiger charge is -2.32. The highest BCUT2D eigenvalue weighted by atomic mass is 19.1. The molecule has 0 bridgehead atoms. The van der Waals surface area contributed by atoms with Crippen LogP contribution in [0.2, 0.25) is 0 Å². The molecule has 0 radical (unpaired) electrons. The number of nitriles is 1. The molecule has 1 aromatic heterocycles. The van der Waals surface area contributed by atoms with Crippen LogP contribution in [0.4, 0.5) is 10.2 Å². The third-order valence-electron chi connectivity index (χ3n) is 3.98. The summed E-state index contributed by atoms with van der Waals surface area (Å²) < 4.78 is 19.6. The first-order valence-electron chi connectivity index (χ1n) is 7.73. The number of ether oxygens (including phenoxy) is 1. The summed E-state index contributed by atoms with van der Waals surface area (Å²) in [5.41, 5.74) is 0.154. The third-order valence-corrected chi connectivity index (χ3v) is 3.98. The number of aromatic carboxylic acids is 1. The SMILES string of the molecule is N#Cc1ccc(OC2CCN(c3cnc(C(=O)O)cn3)CC2)c(F)c1. The highest BCUT2D eigenvalue weighted by Crippen LogP contribution is 2.24. The summed E-state index contributed by atoms with van der Waals surface area (Å²) in [6, 6.07) is 6.03. The highest BCUT2D eigenvalue weighted by Gasteiger charge is 2.23. The van der Waals surface area contributed by atoms with E-state index < -0.39 is 11.8 Å². The normalized spacial score (nSPS) is 14.8. The van der Waals surface area contributed by atoms with E-state index in [0.29, 0.717) is 31.7 Å². The molecule has 2 aromatic rings. The average molecular weight is 342 g/mol. The topological polar surface area (TPSA) is 99.3 Å². The predicted molar refractivity (Wildman–Crippen MR) is 86.0 cm³/mol. The fourth-order valence-electron chi connectivity index (χ4n) is 2.64. The molecule has 0 aliphatic carbocycles. The van der Waals surface area contributed by atoms with Crippen molar-refractivity contribution in [2.24, 2.45) is 0 Å². The van der Waals surface area contributed by atoms with E-state index in [-0.39, 0.29) is 23.1 Å². The van der Waals surface area contributed by atoms with E-state index in [1.165, 1.54) is 24.5 Å². The molecular weight excluding hydrogens is 327 g/mol. The van der Waals surface area contributed by atoms with Crippen LogP contribution in [0.1, 0.15) is 28.9 Å². The number of benzene rings is 1.